The van der Waals surface area contributed by atoms with Crippen LogP contribution in [0.1, 0.15) is 18.5 Å². The van der Waals surface area contributed by atoms with E-state index in [1.54, 1.807) is 18.2 Å². The van der Waals surface area contributed by atoms with E-state index in [2.05, 4.69) is 20.0 Å². The number of halogens is 1. The van der Waals surface area contributed by atoms with E-state index in [9.17, 15) is 14.0 Å². The first kappa shape index (κ1) is 15.8. The van der Waals surface area contributed by atoms with Gasteiger partial charge in [0.1, 0.15) is 18.2 Å². The number of methoxy groups -OCH3 is 1. The minimum Gasteiger partial charge on any atom is -0.467 e. The predicted octanol–water partition coefficient (Wildman–Crippen LogP) is 0.909. The molecule has 0 fully saturated rings. The van der Waals surface area contributed by atoms with E-state index in [0.717, 1.165) is 4.57 Å². The molecule has 2 heterocycles. The Labute approximate surface area is 135 Å². The number of carbonyl (C=O) groups excluding carboxylic acids is 1. The van der Waals surface area contributed by atoms with Crippen molar-refractivity contribution in [3.05, 3.63) is 52.3 Å². The van der Waals surface area contributed by atoms with E-state index in [4.69, 9.17) is 0 Å². The zero-order valence-corrected chi connectivity index (χ0v) is 13.0. The molecule has 3 aromatic rings. The van der Waals surface area contributed by atoms with Crippen molar-refractivity contribution in [2.75, 3.05) is 7.11 Å². The van der Waals surface area contributed by atoms with Gasteiger partial charge < -0.3 is 4.74 Å². The van der Waals surface area contributed by atoms with Crippen molar-refractivity contribution in [3.8, 4) is 0 Å². The van der Waals surface area contributed by atoms with Gasteiger partial charge in [0, 0.05) is 5.56 Å². The van der Waals surface area contributed by atoms with Gasteiger partial charge >= 0.3 is 5.97 Å². The van der Waals surface area contributed by atoms with Crippen molar-refractivity contribution < 1.29 is 13.9 Å². The van der Waals surface area contributed by atoms with Gasteiger partial charge in [0.25, 0.3) is 5.56 Å². The molecular weight excluding hydrogens is 317 g/mol. The Kier molecular flexibility index (Phi) is 4.07. The van der Waals surface area contributed by atoms with Gasteiger partial charge in [-0.2, -0.15) is 0 Å². The van der Waals surface area contributed by atoms with Gasteiger partial charge in [-0.15, -0.1) is 5.10 Å². The summed E-state index contributed by atoms with van der Waals surface area (Å²) >= 11 is 0. The van der Waals surface area contributed by atoms with Crippen LogP contribution in [0.5, 0.6) is 0 Å². The Bertz CT molecular complexity index is 965. The molecule has 0 saturated heterocycles. The number of hydrogen-bond acceptors (Lipinski definition) is 6. The second-order valence-corrected chi connectivity index (χ2v) is 5.17. The van der Waals surface area contributed by atoms with Gasteiger partial charge in [-0.25, -0.2) is 18.9 Å². The highest BCUT2D eigenvalue weighted by atomic mass is 19.1. The monoisotopic (exact) mass is 331 g/mol. The first-order valence-electron chi connectivity index (χ1n) is 7.14. The molecule has 0 spiro atoms. The van der Waals surface area contributed by atoms with Crippen LogP contribution in [0.2, 0.25) is 0 Å². The smallest absolute Gasteiger partial charge is 0.328 e. The maximum absolute atomic E-state index is 13.8. The van der Waals surface area contributed by atoms with Crippen LogP contribution in [-0.2, 0) is 16.1 Å². The molecule has 2 aromatic heterocycles. The SMILES string of the molecule is COC(=O)C(C)n1cnc2c(nnn2Cc2ccccc2F)c1=O. The highest BCUT2D eigenvalue weighted by molar-refractivity contribution is 5.74. The summed E-state index contributed by atoms with van der Waals surface area (Å²) in [5.74, 6) is -0.953. The quantitative estimate of drug-likeness (QED) is 0.660. The summed E-state index contributed by atoms with van der Waals surface area (Å²) in [7, 11) is 1.24. The fourth-order valence-corrected chi connectivity index (χ4v) is 2.32. The molecule has 9 heteroatoms. The van der Waals surface area contributed by atoms with Crippen LogP contribution in [0.4, 0.5) is 4.39 Å². The largest absolute Gasteiger partial charge is 0.467 e. The number of aromatic nitrogens is 5. The minimum absolute atomic E-state index is 0.00425. The molecule has 0 aliphatic carbocycles. The van der Waals surface area contributed by atoms with E-state index in [1.807, 2.05) is 0 Å². The zero-order valence-electron chi connectivity index (χ0n) is 13.0. The number of hydrogen-bond donors (Lipinski definition) is 0. The molecule has 0 N–H and O–H groups in total. The lowest BCUT2D eigenvalue weighted by Gasteiger charge is -2.11. The van der Waals surface area contributed by atoms with Gasteiger partial charge in [-0.3, -0.25) is 9.36 Å². The highest BCUT2D eigenvalue weighted by Gasteiger charge is 2.20. The van der Waals surface area contributed by atoms with Crippen LogP contribution in [0.3, 0.4) is 0 Å². The predicted molar refractivity (Wildman–Crippen MR) is 81.8 cm³/mol. The molecule has 1 aromatic carbocycles. The second-order valence-electron chi connectivity index (χ2n) is 5.17. The molecule has 0 aliphatic heterocycles. The highest BCUT2D eigenvalue weighted by Crippen LogP contribution is 2.12. The average Bonchev–Trinajstić information content (AvgIpc) is 3.00. The molecular formula is C15H14FN5O3. The summed E-state index contributed by atoms with van der Waals surface area (Å²) in [4.78, 5) is 28.2. The van der Waals surface area contributed by atoms with E-state index < -0.39 is 17.6 Å². The van der Waals surface area contributed by atoms with Crippen LogP contribution >= 0.6 is 0 Å². The maximum Gasteiger partial charge on any atom is 0.328 e. The molecule has 3 rings (SSSR count). The fraction of sp³-hybridized carbons (Fsp3) is 0.267. The van der Waals surface area contributed by atoms with Crippen molar-refractivity contribution in [1.82, 2.24) is 24.5 Å². The third-order valence-electron chi connectivity index (χ3n) is 3.69. The molecule has 0 radical (unpaired) electrons. The Morgan fingerprint density at radius 1 is 1.38 bits per heavy atom. The zero-order chi connectivity index (χ0) is 17.3. The summed E-state index contributed by atoms with van der Waals surface area (Å²) in [6.07, 6.45) is 1.23. The lowest BCUT2D eigenvalue weighted by molar-refractivity contribution is -0.144. The molecule has 0 aliphatic rings. The standard InChI is InChI=1S/C15H14FN5O3/c1-9(15(23)24-2)20-8-17-13-12(14(20)22)18-19-21(13)7-10-5-3-4-6-11(10)16/h3-6,8-9H,7H2,1-2H3. The number of benzene rings is 1. The topological polar surface area (TPSA) is 91.9 Å². The fourth-order valence-electron chi connectivity index (χ4n) is 2.32. The maximum atomic E-state index is 13.8. The van der Waals surface area contributed by atoms with Gasteiger partial charge in [-0.05, 0) is 13.0 Å². The van der Waals surface area contributed by atoms with Crippen molar-refractivity contribution >= 4 is 17.1 Å². The van der Waals surface area contributed by atoms with Gasteiger partial charge in [0.2, 0.25) is 0 Å². The molecule has 24 heavy (non-hydrogen) atoms. The molecule has 0 saturated carbocycles. The third-order valence-corrected chi connectivity index (χ3v) is 3.69. The van der Waals surface area contributed by atoms with Crippen LogP contribution in [0, 0.1) is 5.82 Å². The van der Waals surface area contributed by atoms with E-state index in [0.29, 0.717) is 5.56 Å². The molecule has 1 atom stereocenters. The summed E-state index contributed by atoms with van der Waals surface area (Å²) < 4.78 is 20.8. The Balaban J connectivity index is 2.03. The Morgan fingerprint density at radius 3 is 2.83 bits per heavy atom. The Hall–Kier alpha value is -3.10. The lowest BCUT2D eigenvalue weighted by atomic mass is 10.2. The van der Waals surface area contributed by atoms with Crippen LogP contribution in [0.25, 0.3) is 11.2 Å². The summed E-state index contributed by atoms with van der Waals surface area (Å²) in [6, 6.07) is 5.41. The first-order valence-corrected chi connectivity index (χ1v) is 7.14. The van der Waals surface area contributed by atoms with Crippen molar-refractivity contribution in [2.24, 2.45) is 0 Å². The van der Waals surface area contributed by atoms with E-state index in [-0.39, 0.29) is 23.5 Å². The van der Waals surface area contributed by atoms with E-state index >= 15 is 0 Å². The number of fused-ring (bicyclic) bond motifs is 1. The van der Waals surface area contributed by atoms with Crippen molar-refractivity contribution in [1.29, 1.82) is 0 Å². The number of esters is 1. The minimum atomic E-state index is -0.837. The molecule has 0 amide bonds. The van der Waals surface area contributed by atoms with Crippen molar-refractivity contribution in [3.63, 3.8) is 0 Å². The number of carbonyl (C=O) groups is 1. The summed E-state index contributed by atoms with van der Waals surface area (Å²) in [5, 5.41) is 7.68. The second kappa shape index (κ2) is 6.19. The number of ether oxygens (including phenoxy) is 1. The van der Waals surface area contributed by atoms with Crippen LogP contribution in [-0.4, -0.2) is 37.6 Å². The molecule has 0 bridgehead atoms. The lowest BCUT2D eigenvalue weighted by Crippen LogP contribution is -2.29. The van der Waals surface area contributed by atoms with Crippen LogP contribution < -0.4 is 5.56 Å². The first-order chi connectivity index (χ1) is 11.5. The van der Waals surface area contributed by atoms with Gasteiger partial charge in [0.15, 0.2) is 11.2 Å². The molecule has 8 nitrogen and oxygen atoms in total. The van der Waals surface area contributed by atoms with Crippen LogP contribution in [0.15, 0.2) is 35.4 Å². The van der Waals surface area contributed by atoms with Gasteiger partial charge in [0.05, 0.1) is 13.7 Å². The number of rotatable bonds is 4. The third kappa shape index (κ3) is 2.64. The molecule has 1 unspecified atom stereocenters. The Morgan fingerprint density at radius 2 is 2.12 bits per heavy atom. The summed E-state index contributed by atoms with van der Waals surface area (Å²) in [5.41, 5.74) is 0.108. The van der Waals surface area contributed by atoms with Gasteiger partial charge in [-0.1, -0.05) is 23.4 Å². The molecule has 124 valence electrons. The van der Waals surface area contributed by atoms with E-state index in [1.165, 1.54) is 31.1 Å². The summed E-state index contributed by atoms with van der Waals surface area (Å²) in [6.45, 7) is 1.61. The normalized spacial score (nSPS) is 12.3. The van der Waals surface area contributed by atoms with Crippen molar-refractivity contribution in [2.45, 2.75) is 19.5 Å². The number of nitrogens with zero attached hydrogens (tertiary/aromatic N) is 5. The average molecular weight is 331 g/mol.